The van der Waals surface area contributed by atoms with Crippen LogP contribution in [0, 0.1) is 0 Å². The van der Waals surface area contributed by atoms with Crippen LogP contribution in [0.1, 0.15) is 5.56 Å². The van der Waals surface area contributed by atoms with Crippen LogP contribution in [0.25, 0.3) is 0 Å². The summed E-state index contributed by atoms with van der Waals surface area (Å²) in [5, 5.41) is 0. The predicted octanol–water partition coefficient (Wildman–Crippen LogP) is 2.86. The van der Waals surface area contributed by atoms with Gasteiger partial charge in [0, 0.05) is 0 Å². The van der Waals surface area contributed by atoms with Gasteiger partial charge >= 0.3 is 0 Å². The zero-order valence-electron chi connectivity index (χ0n) is 9.72. The highest BCUT2D eigenvalue weighted by Crippen LogP contribution is 2.33. The number of rotatable bonds is 4. The third kappa shape index (κ3) is 2.69. The summed E-state index contributed by atoms with van der Waals surface area (Å²) in [7, 11) is 1.60. The summed E-state index contributed by atoms with van der Waals surface area (Å²) in [6, 6.07) is 15.4. The van der Waals surface area contributed by atoms with Crippen LogP contribution in [0.3, 0.4) is 0 Å². The van der Waals surface area contributed by atoms with Gasteiger partial charge in [0.25, 0.3) is 0 Å². The molecule has 3 heteroatoms. The Kier molecular flexibility index (Phi) is 3.50. The van der Waals surface area contributed by atoms with Crippen molar-refractivity contribution in [2.75, 3.05) is 12.8 Å². The summed E-state index contributed by atoms with van der Waals surface area (Å²) < 4.78 is 10.9. The molecule has 0 radical (unpaired) electrons. The van der Waals surface area contributed by atoms with E-state index in [1.807, 2.05) is 42.5 Å². The quantitative estimate of drug-likeness (QED) is 0.820. The number of para-hydroxylation sites is 1. The molecule has 2 aromatic carbocycles. The summed E-state index contributed by atoms with van der Waals surface area (Å²) in [5.41, 5.74) is 7.53. The molecule has 0 aromatic heterocycles. The molecule has 2 rings (SSSR count). The fourth-order valence-electron chi connectivity index (χ4n) is 1.58. The van der Waals surface area contributed by atoms with Gasteiger partial charge in [-0.25, -0.2) is 0 Å². The van der Waals surface area contributed by atoms with Gasteiger partial charge in [0.05, 0.1) is 12.8 Å². The molecule has 0 aliphatic rings. The van der Waals surface area contributed by atoms with Crippen LogP contribution in [0.15, 0.2) is 48.5 Å². The van der Waals surface area contributed by atoms with Gasteiger partial charge in [-0.15, -0.1) is 0 Å². The largest absolute Gasteiger partial charge is 0.493 e. The molecular weight excluding hydrogens is 214 g/mol. The monoisotopic (exact) mass is 229 g/mol. The molecular formula is C14H15NO2. The standard InChI is InChI=1S/C14H15NO2/c1-16-13-9-5-8-12(15)14(13)17-10-11-6-3-2-4-7-11/h2-9H,10,15H2,1H3. The van der Waals surface area contributed by atoms with Crippen molar-refractivity contribution in [2.45, 2.75) is 6.61 Å². The molecule has 2 N–H and O–H groups in total. The van der Waals surface area contributed by atoms with E-state index in [0.717, 1.165) is 5.56 Å². The van der Waals surface area contributed by atoms with E-state index in [9.17, 15) is 0 Å². The molecule has 0 saturated heterocycles. The SMILES string of the molecule is COc1cccc(N)c1OCc1ccccc1. The van der Waals surface area contributed by atoms with E-state index in [0.29, 0.717) is 23.8 Å². The van der Waals surface area contributed by atoms with Crippen molar-refractivity contribution in [1.29, 1.82) is 0 Å². The Morgan fingerprint density at radius 2 is 1.76 bits per heavy atom. The van der Waals surface area contributed by atoms with E-state index >= 15 is 0 Å². The number of ether oxygens (including phenoxy) is 2. The van der Waals surface area contributed by atoms with Gasteiger partial charge in [-0.1, -0.05) is 36.4 Å². The van der Waals surface area contributed by atoms with Crippen LogP contribution < -0.4 is 15.2 Å². The Bertz CT molecular complexity index is 483. The average molecular weight is 229 g/mol. The van der Waals surface area contributed by atoms with E-state index in [2.05, 4.69) is 0 Å². The van der Waals surface area contributed by atoms with Crippen molar-refractivity contribution in [2.24, 2.45) is 0 Å². The van der Waals surface area contributed by atoms with Crippen molar-refractivity contribution in [3.05, 3.63) is 54.1 Å². The van der Waals surface area contributed by atoms with Crippen molar-refractivity contribution in [1.82, 2.24) is 0 Å². The second-order valence-corrected chi connectivity index (χ2v) is 3.65. The van der Waals surface area contributed by atoms with Gasteiger partial charge in [-0.05, 0) is 17.7 Å². The second-order valence-electron chi connectivity index (χ2n) is 3.65. The molecule has 0 heterocycles. The lowest BCUT2D eigenvalue weighted by Crippen LogP contribution is -2.00. The number of nitrogen functional groups attached to an aromatic ring is 1. The summed E-state index contributed by atoms with van der Waals surface area (Å²) >= 11 is 0. The van der Waals surface area contributed by atoms with E-state index in [4.69, 9.17) is 15.2 Å². The molecule has 88 valence electrons. The van der Waals surface area contributed by atoms with Gasteiger partial charge in [0.15, 0.2) is 11.5 Å². The van der Waals surface area contributed by atoms with Gasteiger partial charge < -0.3 is 15.2 Å². The lowest BCUT2D eigenvalue weighted by Gasteiger charge is -2.12. The lowest BCUT2D eigenvalue weighted by atomic mass is 10.2. The normalized spacial score (nSPS) is 9.94. The topological polar surface area (TPSA) is 44.5 Å². The Morgan fingerprint density at radius 1 is 1.00 bits per heavy atom. The lowest BCUT2D eigenvalue weighted by molar-refractivity contribution is 0.286. The molecule has 0 aliphatic carbocycles. The summed E-state index contributed by atoms with van der Waals surface area (Å²) in [6.07, 6.45) is 0. The number of anilines is 1. The number of methoxy groups -OCH3 is 1. The molecule has 0 spiro atoms. The highest BCUT2D eigenvalue weighted by Gasteiger charge is 2.07. The summed E-state index contributed by atoms with van der Waals surface area (Å²) in [5.74, 6) is 1.25. The molecule has 3 nitrogen and oxygen atoms in total. The fraction of sp³-hybridized carbons (Fsp3) is 0.143. The Morgan fingerprint density at radius 3 is 2.47 bits per heavy atom. The first-order valence-electron chi connectivity index (χ1n) is 5.40. The number of nitrogens with two attached hydrogens (primary N) is 1. The molecule has 0 unspecified atom stereocenters. The maximum absolute atomic E-state index is 5.86. The average Bonchev–Trinajstić information content (AvgIpc) is 2.38. The van der Waals surface area contributed by atoms with Crippen LogP contribution in [-0.4, -0.2) is 7.11 Å². The fourth-order valence-corrected chi connectivity index (χ4v) is 1.58. The molecule has 0 atom stereocenters. The van der Waals surface area contributed by atoms with Crippen LogP contribution >= 0.6 is 0 Å². The molecule has 0 amide bonds. The molecule has 0 bridgehead atoms. The third-order valence-corrected chi connectivity index (χ3v) is 2.46. The molecule has 0 aliphatic heterocycles. The minimum Gasteiger partial charge on any atom is -0.493 e. The number of hydrogen-bond donors (Lipinski definition) is 1. The zero-order chi connectivity index (χ0) is 12.1. The first-order chi connectivity index (χ1) is 8.31. The van der Waals surface area contributed by atoms with Crippen molar-refractivity contribution in [3.63, 3.8) is 0 Å². The molecule has 0 saturated carbocycles. The maximum Gasteiger partial charge on any atom is 0.184 e. The summed E-state index contributed by atoms with van der Waals surface area (Å²) in [6.45, 7) is 0.478. The summed E-state index contributed by atoms with van der Waals surface area (Å²) in [4.78, 5) is 0. The van der Waals surface area contributed by atoms with Crippen LogP contribution in [0.5, 0.6) is 11.5 Å². The second kappa shape index (κ2) is 5.25. The van der Waals surface area contributed by atoms with Crippen molar-refractivity contribution < 1.29 is 9.47 Å². The number of hydrogen-bond acceptors (Lipinski definition) is 3. The first-order valence-corrected chi connectivity index (χ1v) is 5.40. The van der Waals surface area contributed by atoms with Crippen LogP contribution in [-0.2, 0) is 6.61 Å². The maximum atomic E-state index is 5.86. The highest BCUT2D eigenvalue weighted by molar-refractivity contribution is 5.60. The van der Waals surface area contributed by atoms with Crippen LogP contribution in [0.4, 0.5) is 5.69 Å². The van der Waals surface area contributed by atoms with Crippen molar-refractivity contribution in [3.8, 4) is 11.5 Å². The molecule has 0 fully saturated rings. The Labute approximate surface area is 101 Å². The van der Waals surface area contributed by atoms with E-state index < -0.39 is 0 Å². The van der Waals surface area contributed by atoms with Gasteiger partial charge in [0.2, 0.25) is 0 Å². The van der Waals surface area contributed by atoms with Gasteiger partial charge in [0.1, 0.15) is 6.61 Å². The van der Waals surface area contributed by atoms with E-state index in [1.165, 1.54) is 0 Å². The third-order valence-electron chi connectivity index (χ3n) is 2.46. The van der Waals surface area contributed by atoms with Gasteiger partial charge in [-0.3, -0.25) is 0 Å². The Hall–Kier alpha value is -2.16. The molecule has 17 heavy (non-hydrogen) atoms. The minimum absolute atomic E-state index is 0.478. The van der Waals surface area contributed by atoms with Crippen molar-refractivity contribution >= 4 is 5.69 Å². The minimum atomic E-state index is 0.478. The Balaban J connectivity index is 2.14. The van der Waals surface area contributed by atoms with Crippen LogP contribution in [0.2, 0.25) is 0 Å². The molecule has 2 aromatic rings. The van der Waals surface area contributed by atoms with E-state index in [-0.39, 0.29) is 0 Å². The first kappa shape index (κ1) is 11.3. The highest BCUT2D eigenvalue weighted by atomic mass is 16.5. The zero-order valence-corrected chi connectivity index (χ0v) is 9.72. The smallest absolute Gasteiger partial charge is 0.184 e. The number of benzene rings is 2. The van der Waals surface area contributed by atoms with E-state index in [1.54, 1.807) is 13.2 Å². The predicted molar refractivity (Wildman–Crippen MR) is 68.2 cm³/mol. The van der Waals surface area contributed by atoms with Gasteiger partial charge in [-0.2, -0.15) is 0 Å².